The molecular formula is C16H22N2O5. The van der Waals surface area contributed by atoms with Crippen molar-refractivity contribution in [2.75, 3.05) is 40.0 Å². The molecule has 1 heterocycles. The van der Waals surface area contributed by atoms with Crippen molar-refractivity contribution in [3.8, 4) is 5.75 Å². The average molecular weight is 322 g/mol. The first-order valence-electron chi connectivity index (χ1n) is 7.52. The molecule has 1 atom stereocenters. The van der Waals surface area contributed by atoms with Crippen molar-refractivity contribution in [2.24, 2.45) is 5.73 Å². The maximum Gasteiger partial charge on any atom is 0.248 e. The molecular weight excluding hydrogens is 300 g/mol. The van der Waals surface area contributed by atoms with Crippen LogP contribution in [0, 0.1) is 0 Å². The Kier molecular flexibility index (Phi) is 6.37. The Morgan fingerprint density at radius 2 is 2.04 bits per heavy atom. The summed E-state index contributed by atoms with van der Waals surface area (Å²) in [6.45, 7) is 2.46. The second-order valence-electron chi connectivity index (χ2n) is 5.33. The number of rotatable bonds is 7. The van der Waals surface area contributed by atoms with Crippen molar-refractivity contribution < 1.29 is 23.8 Å². The molecule has 1 aliphatic heterocycles. The lowest BCUT2D eigenvalue weighted by Crippen LogP contribution is -2.41. The number of carbonyl (C=O) groups is 2. The Morgan fingerprint density at radius 3 is 2.65 bits per heavy atom. The van der Waals surface area contributed by atoms with Gasteiger partial charge in [-0.05, 0) is 24.3 Å². The fourth-order valence-electron chi connectivity index (χ4n) is 2.21. The number of benzene rings is 1. The number of likely N-dealkylation sites (N-methyl/N-ethyl adjacent to an activating group) is 1. The molecule has 2 N–H and O–H groups in total. The van der Waals surface area contributed by atoms with E-state index in [0.717, 1.165) is 0 Å². The number of nitrogens with zero attached hydrogens (tertiary/aromatic N) is 1. The lowest BCUT2D eigenvalue weighted by molar-refractivity contribution is -0.136. The van der Waals surface area contributed by atoms with Crippen LogP contribution in [-0.2, 0) is 14.3 Å². The van der Waals surface area contributed by atoms with E-state index in [9.17, 15) is 9.59 Å². The predicted octanol–water partition coefficient (Wildman–Crippen LogP) is 0.428. The topological polar surface area (TPSA) is 91.1 Å². The summed E-state index contributed by atoms with van der Waals surface area (Å²) < 4.78 is 16.3. The molecule has 1 aromatic carbocycles. The maximum atomic E-state index is 12.0. The zero-order valence-corrected chi connectivity index (χ0v) is 13.2. The molecule has 0 bridgehead atoms. The minimum absolute atomic E-state index is 0.0204. The van der Waals surface area contributed by atoms with Gasteiger partial charge in [0.1, 0.15) is 5.75 Å². The SMILES string of the molecule is CN(CC1COCCO1)C(=O)CCOc1ccc(C(N)=O)cc1. The van der Waals surface area contributed by atoms with Gasteiger partial charge in [-0.1, -0.05) is 0 Å². The molecule has 2 amide bonds. The van der Waals surface area contributed by atoms with Gasteiger partial charge in [0, 0.05) is 19.2 Å². The van der Waals surface area contributed by atoms with Gasteiger partial charge >= 0.3 is 0 Å². The predicted molar refractivity (Wildman–Crippen MR) is 83.3 cm³/mol. The van der Waals surface area contributed by atoms with E-state index in [0.29, 0.717) is 37.7 Å². The summed E-state index contributed by atoms with van der Waals surface area (Å²) >= 11 is 0. The zero-order valence-electron chi connectivity index (χ0n) is 13.2. The highest BCUT2D eigenvalue weighted by molar-refractivity contribution is 5.92. The summed E-state index contributed by atoms with van der Waals surface area (Å²) in [5.41, 5.74) is 5.58. The lowest BCUT2D eigenvalue weighted by Gasteiger charge is -2.27. The van der Waals surface area contributed by atoms with E-state index >= 15 is 0 Å². The number of nitrogens with two attached hydrogens (primary N) is 1. The van der Waals surface area contributed by atoms with E-state index < -0.39 is 5.91 Å². The van der Waals surface area contributed by atoms with Gasteiger partial charge in [0.15, 0.2) is 0 Å². The van der Waals surface area contributed by atoms with Crippen molar-refractivity contribution in [2.45, 2.75) is 12.5 Å². The highest BCUT2D eigenvalue weighted by Crippen LogP contribution is 2.12. The van der Waals surface area contributed by atoms with E-state index in [1.54, 1.807) is 36.2 Å². The van der Waals surface area contributed by atoms with Crippen LogP contribution >= 0.6 is 0 Å². The molecule has 1 saturated heterocycles. The molecule has 0 aliphatic carbocycles. The Labute approximate surface area is 135 Å². The Morgan fingerprint density at radius 1 is 1.30 bits per heavy atom. The maximum absolute atomic E-state index is 12.0. The van der Waals surface area contributed by atoms with Crippen LogP contribution in [0.4, 0.5) is 0 Å². The molecule has 0 spiro atoms. The smallest absolute Gasteiger partial charge is 0.248 e. The number of hydrogen-bond donors (Lipinski definition) is 1. The zero-order chi connectivity index (χ0) is 16.7. The summed E-state index contributed by atoms with van der Waals surface area (Å²) in [6, 6.07) is 6.49. The number of ether oxygens (including phenoxy) is 3. The van der Waals surface area contributed by atoms with E-state index in [4.69, 9.17) is 19.9 Å². The molecule has 23 heavy (non-hydrogen) atoms. The monoisotopic (exact) mass is 322 g/mol. The summed E-state index contributed by atoms with van der Waals surface area (Å²) in [7, 11) is 1.74. The summed E-state index contributed by atoms with van der Waals surface area (Å²) in [5, 5.41) is 0. The van der Waals surface area contributed by atoms with Crippen LogP contribution in [-0.4, -0.2) is 62.8 Å². The van der Waals surface area contributed by atoms with Gasteiger partial charge in [-0.25, -0.2) is 0 Å². The molecule has 2 rings (SSSR count). The van der Waals surface area contributed by atoms with Gasteiger partial charge in [0.05, 0.1) is 39.0 Å². The van der Waals surface area contributed by atoms with Crippen molar-refractivity contribution in [1.29, 1.82) is 0 Å². The van der Waals surface area contributed by atoms with Gasteiger partial charge in [-0.15, -0.1) is 0 Å². The van der Waals surface area contributed by atoms with Gasteiger partial charge in [-0.2, -0.15) is 0 Å². The molecule has 0 saturated carbocycles. The van der Waals surface area contributed by atoms with E-state index in [1.165, 1.54) is 0 Å². The van der Waals surface area contributed by atoms with Gasteiger partial charge in [-0.3, -0.25) is 9.59 Å². The van der Waals surface area contributed by atoms with Crippen LogP contribution < -0.4 is 10.5 Å². The first-order valence-corrected chi connectivity index (χ1v) is 7.52. The second-order valence-corrected chi connectivity index (χ2v) is 5.33. The van der Waals surface area contributed by atoms with Crippen LogP contribution in [0.1, 0.15) is 16.8 Å². The highest BCUT2D eigenvalue weighted by Gasteiger charge is 2.19. The highest BCUT2D eigenvalue weighted by atomic mass is 16.6. The van der Waals surface area contributed by atoms with Crippen LogP contribution in [0.25, 0.3) is 0 Å². The fourth-order valence-corrected chi connectivity index (χ4v) is 2.21. The van der Waals surface area contributed by atoms with Crippen molar-refractivity contribution in [3.05, 3.63) is 29.8 Å². The molecule has 0 radical (unpaired) electrons. The molecule has 7 heteroatoms. The third-order valence-electron chi connectivity index (χ3n) is 3.51. The van der Waals surface area contributed by atoms with Gasteiger partial charge in [0.2, 0.25) is 11.8 Å². The molecule has 1 fully saturated rings. The van der Waals surface area contributed by atoms with Crippen molar-refractivity contribution in [3.63, 3.8) is 0 Å². The Balaban J connectivity index is 1.70. The normalized spacial score (nSPS) is 17.5. The van der Waals surface area contributed by atoms with Crippen LogP contribution in [0.3, 0.4) is 0 Å². The van der Waals surface area contributed by atoms with Gasteiger partial charge < -0.3 is 24.8 Å². The first-order chi connectivity index (χ1) is 11.1. The van der Waals surface area contributed by atoms with Crippen LogP contribution in [0.2, 0.25) is 0 Å². The van der Waals surface area contributed by atoms with E-state index in [-0.39, 0.29) is 25.0 Å². The molecule has 1 aliphatic rings. The molecule has 126 valence electrons. The minimum atomic E-state index is -0.484. The molecule has 1 unspecified atom stereocenters. The standard InChI is InChI=1S/C16H22N2O5/c1-18(10-14-11-21-8-9-23-14)15(19)6-7-22-13-4-2-12(3-5-13)16(17)20/h2-5,14H,6-11H2,1H3,(H2,17,20). The Hall–Kier alpha value is -2.12. The summed E-state index contributed by atoms with van der Waals surface area (Å²) in [6.07, 6.45) is 0.196. The fraction of sp³-hybridized carbons (Fsp3) is 0.500. The third-order valence-corrected chi connectivity index (χ3v) is 3.51. The number of primary amides is 1. The Bertz CT molecular complexity index is 526. The largest absolute Gasteiger partial charge is 0.493 e. The van der Waals surface area contributed by atoms with Gasteiger partial charge in [0.25, 0.3) is 0 Å². The van der Waals surface area contributed by atoms with Crippen molar-refractivity contribution >= 4 is 11.8 Å². The summed E-state index contributed by atoms with van der Waals surface area (Å²) in [4.78, 5) is 24.6. The molecule has 0 aromatic heterocycles. The minimum Gasteiger partial charge on any atom is -0.493 e. The summed E-state index contributed by atoms with van der Waals surface area (Å²) in [5.74, 6) is 0.0876. The number of amides is 2. The van der Waals surface area contributed by atoms with E-state index in [1.807, 2.05) is 0 Å². The van der Waals surface area contributed by atoms with Crippen LogP contribution in [0.5, 0.6) is 5.75 Å². The number of carbonyl (C=O) groups excluding carboxylic acids is 2. The quantitative estimate of drug-likeness (QED) is 0.786. The number of hydrogen-bond acceptors (Lipinski definition) is 5. The average Bonchev–Trinajstić information content (AvgIpc) is 2.56. The second kappa shape index (κ2) is 8.50. The van der Waals surface area contributed by atoms with Crippen molar-refractivity contribution in [1.82, 2.24) is 4.90 Å². The third kappa shape index (κ3) is 5.54. The molecule has 7 nitrogen and oxygen atoms in total. The molecule has 1 aromatic rings. The van der Waals surface area contributed by atoms with Crippen LogP contribution in [0.15, 0.2) is 24.3 Å². The lowest BCUT2D eigenvalue weighted by atomic mass is 10.2. The first kappa shape index (κ1) is 17.2. The van der Waals surface area contributed by atoms with E-state index in [2.05, 4.69) is 0 Å².